The summed E-state index contributed by atoms with van der Waals surface area (Å²) in [6, 6.07) is 3.51. The molecule has 7 amide bonds. The number of nitrogens with zero attached hydrogens (tertiary/aromatic N) is 3. The lowest BCUT2D eigenvalue weighted by molar-refractivity contribution is -0.162. The molecule has 22 nitrogen and oxygen atoms in total. The van der Waals surface area contributed by atoms with Gasteiger partial charge in [-0.25, -0.2) is 14.4 Å². The van der Waals surface area contributed by atoms with Gasteiger partial charge in [-0.2, -0.15) is 0 Å². The average molecular weight is 1250 g/mol. The first-order chi connectivity index (χ1) is 40.5. The van der Waals surface area contributed by atoms with E-state index in [4.69, 9.17) is 18.9 Å². The number of nitrogens with one attached hydrogen (secondary N) is 3. The summed E-state index contributed by atoms with van der Waals surface area (Å²) in [5.41, 5.74) is -4.85. The van der Waals surface area contributed by atoms with Gasteiger partial charge in [0, 0.05) is 75.9 Å². The van der Waals surface area contributed by atoms with Gasteiger partial charge >= 0.3 is 24.0 Å². The number of Topliss-reactive ketones (excluding diaryl/α,β-unsaturated/α-hetero) is 2. The number of esters is 3. The van der Waals surface area contributed by atoms with Crippen molar-refractivity contribution >= 4 is 71.0 Å². The first-order valence-electron chi connectivity index (χ1n) is 30.7. The third-order valence-corrected chi connectivity index (χ3v) is 14.3. The summed E-state index contributed by atoms with van der Waals surface area (Å²) in [4.78, 5) is 166. The van der Waals surface area contributed by atoms with E-state index in [0.29, 0.717) is 0 Å². The second-order valence-corrected chi connectivity index (χ2v) is 29.0. The monoisotopic (exact) mass is 1250 g/mol. The smallest absolute Gasteiger partial charge is 0.410 e. The van der Waals surface area contributed by atoms with Crippen molar-refractivity contribution in [2.24, 2.45) is 17.3 Å². The van der Waals surface area contributed by atoms with Crippen molar-refractivity contribution in [3.05, 3.63) is 59.7 Å². The highest BCUT2D eigenvalue weighted by atomic mass is 16.6. The van der Waals surface area contributed by atoms with Gasteiger partial charge < -0.3 is 39.8 Å². The molecule has 6 atom stereocenters. The van der Waals surface area contributed by atoms with E-state index in [1.54, 1.807) is 117 Å². The molecule has 0 radical (unpaired) electrons. The zero-order chi connectivity index (χ0) is 68.5. The number of benzene rings is 1. The SMILES string of the molecule is C/C(=C\[C@H](C(C)C)N(C)C(=O)[C@@H](NC(=O)[C@@H](N(C)C(=O)OC(C)(C)C)C(C)(C)c1ccccc1)C(C)(C)C)C(=O)N[C@H](CCC(=O)C[C@H](CCC(=O)N[C@H](CCC(=O)CCCN1C(=O)C=CC1=O)C(=O)OC(C)(C)C)C(=O)OC(C)(C)C)C(=O)OC(C)(C)C. The van der Waals surface area contributed by atoms with Gasteiger partial charge in [-0.05, 0) is 133 Å². The van der Waals surface area contributed by atoms with E-state index >= 15 is 0 Å². The van der Waals surface area contributed by atoms with Crippen molar-refractivity contribution in [1.82, 2.24) is 30.7 Å². The highest BCUT2D eigenvalue weighted by Gasteiger charge is 2.46. The van der Waals surface area contributed by atoms with Crippen LogP contribution in [-0.4, -0.2) is 159 Å². The number of rotatable bonds is 30. The molecule has 1 heterocycles. The van der Waals surface area contributed by atoms with Crippen LogP contribution >= 0.6 is 0 Å². The molecule has 0 saturated heterocycles. The Labute approximate surface area is 528 Å². The van der Waals surface area contributed by atoms with E-state index in [0.717, 1.165) is 22.6 Å². The van der Waals surface area contributed by atoms with Gasteiger partial charge in [0.15, 0.2) is 0 Å². The molecule has 0 unspecified atom stereocenters. The number of carbonyl (C=O) groups excluding carboxylic acids is 12. The van der Waals surface area contributed by atoms with Gasteiger partial charge in [0.05, 0.1) is 12.0 Å². The molecule has 22 heteroatoms. The summed E-state index contributed by atoms with van der Waals surface area (Å²) in [6.07, 6.45) is 1.46. The fraction of sp³-hybridized carbons (Fsp3) is 0.672. The van der Waals surface area contributed by atoms with Crippen molar-refractivity contribution in [3.8, 4) is 0 Å². The van der Waals surface area contributed by atoms with Gasteiger partial charge in [0.1, 0.15) is 58.1 Å². The van der Waals surface area contributed by atoms with E-state index in [9.17, 15) is 57.5 Å². The second-order valence-electron chi connectivity index (χ2n) is 29.0. The van der Waals surface area contributed by atoms with Crippen molar-refractivity contribution in [2.75, 3.05) is 20.6 Å². The summed E-state index contributed by atoms with van der Waals surface area (Å²) in [5.74, 6) is -8.13. The second kappa shape index (κ2) is 32.5. The highest BCUT2D eigenvalue weighted by Crippen LogP contribution is 2.33. The molecule has 1 aliphatic heterocycles. The van der Waals surface area contributed by atoms with Crippen LogP contribution in [0.15, 0.2) is 54.1 Å². The molecule has 0 saturated carbocycles. The topological polar surface area (TPSA) is 288 Å². The predicted molar refractivity (Wildman–Crippen MR) is 336 cm³/mol. The number of imide groups is 1. The molecule has 0 bridgehead atoms. The van der Waals surface area contributed by atoms with Crippen LogP contribution in [0.2, 0.25) is 0 Å². The Morgan fingerprint density at radius 1 is 0.573 bits per heavy atom. The largest absolute Gasteiger partial charge is 0.460 e. The van der Waals surface area contributed by atoms with E-state index in [2.05, 4.69) is 16.0 Å². The van der Waals surface area contributed by atoms with Crippen LogP contribution in [0.3, 0.4) is 0 Å². The van der Waals surface area contributed by atoms with Gasteiger partial charge in [-0.15, -0.1) is 0 Å². The minimum Gasteiger partial charge on any atom is -0.460 e. The molecule has 89 heavy (non-hydrogen) atoms. The van der Waals surface area contributed by atoms with Crippen LogP contribution in [0, 0.1) is 17.3 Å². The first kappa shape index (κ1) is 77.8. The van der Waals surface area contributed by atoms with E-state index in [1.807, 2.05) is 58.0 Å². The Balaban J connectivity index is 2.40. The molecule has 3 N–H and O–H groups in total. The molecule has 2 rings (SSSR count). The maximum Gasteiger partial charge on any atom is 0.410 e. The van der Waals surface area contributed by atoms with Crippen molar-refractivity contribution in [3.63, 3.8) is 0 Å². The molecular weight excluding hydrogens is 1140 g/mol. The van der Waals surface area contributed by atoms with Crippen LogP contribution in [0.1, 0.15) is 202 Å². The Morgan fingerprint density at radius 2 is 1.04 bits per heavy atom. The van der Waals surface area contributed by atoms with Crippen LogP contribution in [-0.2, 0) is 77.1 Å². The van der Waals surface area contributed by atoms with E-state index in [1.165, 1.54) is 23.8 Å². The van der Waals surface area contributed by atoms with E-state index in [-0.39, 0.29) is 75.2 Å². The number of carbonyl (C=O) groups is 12. The number of likely N-dealkylation sites (N-methyl/N-ethyl adjacent to an activating group) is 2. The molecule has 1 aliphatic rings. The van der Waals surface area contributed by atoms with Crippen LogP contribution in [0.4, 0.5) is 4.79 Å². The summed E-state index contributed by atoms with van der Waals surface area (Å²) in [6.45, 7) is 34.2. The number of ether oxygens (including phenoxy) is 4. The van der Waals surface area contributed by atoms with Crippen LogP contribution in [0.5, 0.6) is 0 Å². The zero-order valence-corrected chi connectivity index (χ0v) is 57.1. The van der Waals surface area contributed by atoms with Gasteiger partial charge in [0.2, 0.25) is 23.6 Å². The molecule has 1 aromatic rings. The van der Waals surface area contributed by atoms with Crippen molar-refractivity contribution < 1.29 is 76.5 Å². The lowest BCUT2D eigenvalue weighted by Crippen LogP contribution is -2.63. The van der Waals surface area contributed by atoms with E-state index < -0.39 is 141 Å². The third-order valence-electron chi connectivity index (χ3n) is 14.3. The molecule has 0 aromatic heterocycles. The van der Waals surface area contributed by atoms with Crippen molar-refractivity contribution in [2.45, 2.75) is 254 Å². The van der Waals surface area contributed by atoms with Crippen LogP contribution < -0.4 is 16.0 Å². The third kappa shape index (κ3) is 26.8. The lowest BCUT2D eigenvalue weighted by Gasteiger charge is -2.42. The first-order valence-corrected chi connectivity index (χ1v) is 30.7. The molecule has 0 spiro atoms. The summed E-state index contributed by atoms with van der Waals surface area (Å²) >= 11 is 0. The molecule has 498 valence electrons. The summed E-state index contributed by atoms with van der Waals surface area (Å²) in [7, 11) is 3.04. The summed E-state index contributed by atoms with van der Waals surface area (Å²) in [5, 5.41) is 8.33. The minimum absolute atomic E-state index is 0.000531. The predicted octanol–water partition coefficient (Wildman–Crippen LogP) is 8.34. The van der Waals surface area contributed by atoms with Gasteiger partial charge in [-0.3, -0.25) is 53.0 Å². The fourth-order valence-corrected chi connectivity index (χ4v) is 9.73. The molecule has 0 aliphatic carbocycles. The Hall–Kier alpha value is -7.26. The zero-order valence-electron chi connectivity index (χ0n) is 57.1. The van der Waals surface area contributed by atoms with Crippen molar-refractivity contribution in [1.29, 1.82) is 0 Å². The van der Waals surface area contributed by atoms with Crippen LogP contribution in [0.25, 0.3) is 0 Å². The Morgan fingerprint density at radius 3 is 1.52 bits per heavy atom. The number of hydrogen-bond donors (Lipinski definition) is 3. The quantitative estimate of drug-likeness (QED) is 0.0282. The molecule has 1 aromatic carbocycles. The maximum atomic E-state index is 14.9. The fourth-order valence-electron chi connectivity index (χ4n) is 9.73. The molecule has 0 fully saturated rings. The standard InChI is InChI=1S/C67H104N6O16/c1-41(2)49(71(21)57(81)53(62(4,5)6)70-56(80)54(72(22)61(85)89-66(16,17)18)67(19,20)44-27-24-23-25-28-44)39-42(3)55(79)69-48(60(84)88-65(13,14)15)34-32-46(75)40-43(58(82)86-63(7,8)9)30-35-50(76)68-47(59(83)87-64(10,11)12)33-31-45(74)29-26-38-73-51(77)36-37-52(73)78/h23-25,27-28,36-37,39,41,43,47-49,53-54H,26,29-35,38,40H2,1-22H3,(H,68,76)(H,69,79)(H,70,80)/b42-39+/t43-,47+,48+,49+,53+,54+/m0/s1. The normalized spacial score (nSPS) is 15.4. The average Bonchev–Trinajstić information content (AvgIpc) is 1.30. The Kier molecular flexibility index (Phi) is 28.4. The Bertz CT molecular complexity index is 2750. The minimum atomic E-state index is -1.38. The maximum absolute atomic E-state index is 14.9. The number of ketones is 2. The lowest BCUT2D eigenvalue weighted by atomic mass is 9.76. The summed E-state index contributed by atoms with van der Waals surface area (Å²) < 4.78 is 22.6. The molecular formula is C67H104N6O16. The van der Waals surface area contributed by atoms with Gasteiger partial charge in [0.25, 0.3) is 11.8 Å². The highest BCUT2D eigenvalue weighted by molar-refractivity contribution is 6.12. The number of hydrogen-bond acceptors (Lipinski definition) is 16. The number of amides is 7. The van der Waals surface area contributed by atoms with Gasteiger partial charge in [-0.1, -0.05) is 84.9 Å².